The summed E-state index contributed by atoms with van der Waals surface area (Å²) < 4.78 is 38.3. The molecule has 0 aliphatic carbocycles. The molecule has 0 amide bonds. The van der Waals surface area contributed by atoms with Gasteiger partial charge in [0, 0.05) is 11.8 Å². The minimum absolute atomic E-state index is 0.128. The fourth-order valence-electron chi connectivity index (χ4n) is 1.92. The van der Waals surface area contributed by atoms with Gasteiger partial charge in [-0.25, -0.2) is 8.42 Å². The third-order valence-electron chi connectivity index (χ3n) is 2.85. The molecular weight excluding hydrogens is 302 g/mol. The van der Waals surface area contributed by atoms with Gasteiger partial charge in [0.25, 0.3) is 10.0 Å². The zero-order chi connectivity index (χ0) is 16.0. The molecule has 2 aromatic rings. The molecule has 0 aliphatic rings. The van der Waals surface area contributed by atoms with Crippen LogP contribution in [0.25, 0.3) is 0 Å². The molecule has 0 spiro atoms. The molecule has 0 fully saturated rings. The summed E-state index contributed by atoms with van der Waals surface area (Å²) in [4.78, 5) is 0.128. The second-order valence-electron chi connectivity index (χ2n) is 4.45. The Morgan fingerprint density at radius 3 is 2.18 bits per heavy atom. The molecule has 0 unspecified atom stereocenters. The minimum Gasteiger partial charge on any atom is -0.490 e. The van der Waals surface area contributed by atoms with Gasteiger partial charge in [0.05, 0.1) is 18.1 Å². The lowest BCUT2D eigenvalue weighted by atomic mass is 10.3. The molecule has 0 radical (unpaired) electrons. The number of hydrogen-bond donors (Lipinski definition) is 1. The summed E-state index contributed by atoms with van der Waals surface area (Å²) in [6.07, 6.45) is 0. The lowest BCUT2D eigenvalue weighted by molar-refractivity contribution is 0.287. The quantitative estimate of drug-likeness (QED) is 0.850. The van der Waals surface area contributed by atoms with E-state index in [4.69, 9.17) is 9.47 Å². The molecule has 0 atom stereocenters. The lowest BCUT2D eigenvalue weighted by Crippen LogP contribution is -2.13. The highest BCUT2D eigenvalue weighted by molar-refractivity contribution is 7.92. The van der Waals surface area contributed by atoms with E-state index in [1.54, 1.807) is 30.3 Å². The van der Waals surface area contributed by atoms with Crippen molar-refractivity contribution in [1.29, 1.82) is 0 Å². The average molecular weight is 321 g/mol. The van der Waals surface area contributed by atoms with Crippen molar-refractivity contribution in [2.24, 2.45) is 0 Å². The first-order valence-electron chi connectivity index (χ1n) is 7.04. The van der Waals surface area contributed by atoms with Crippen molar-refractivity contribution in [2.75, 3.05) is 17.9 Å². The second kappa shape index (κ2) is 7.17. The predicted octanol–water partition coefficient (Wildman–Crippen LogP) is 3.28. The Labute approximate surface area is 130 Å². The van der Waals surface area contributed by atoms with E-state index in [1.165, 1.54) is 12.1 Å². The second-order valence-corrected chi connectivity index (χ2v) is 6.13. The molecule has 2 rings (SSSR count). The van der Waals surface area contributed by atoms with Crippen molar-refractivity contribution in [2.45, 2.75) is 18.7 Å². The Bertz CT molecular complexity index is 714. The number of hydrogen-bond acceptors (Lipinski definition) is 4. The van der Waals surface area contributed by atoms with Gasteiger partial charge < -0.3 is 9.47 Å². The number of benzene rings is 2. The number of nitrogens with one attached hydrogen (secondary N) is 1. The highest BCUT2D eigenvalue weighted by Gasteiger charge is 2.17. The Balaban J connectivity index is 2.32. The molecule has 5 nitrogen and oxygen atoms in total. The summed E-state index contributed by atoms with van der Waals surface area (Å²) >= 11 is 0. The molecule has 118 valence electrons. The van der Waals surface area contributed by atoms with Gasteiger partial charge in [-0.05, 0) is 38.1 Å². The smallest absolute Gasteiger partial charge is 0.262 e. The van der Waals surface area contributed by atoms with Crippen LogP contribution in [0.4, 0.5) is 5.69 Å². The standard InChI is InChI=1S/C16H19NO4S/c1-3-20-15-11-10-14(12-16(15)21-4-2)22(18,19)17-13-8-6-5-7-9-13/h5-12,17H,3-4H2,1-2H3. The summed E-state index contributed by atoms with van der Waals surface area (Å²) in [5.74, 6) is 0.947. The van der Waals surface area contributed by atoms with Crippen molar-refractivity contribution < 1.29 is 17.9 Å². The molecule has 0 bridgehead atoms. The number of anilines is 1. The van der Waals surface area contributed by atoms with Gasteiger partial charge in [-0.3, -0.25) is 4.72 Å². The molecule has 0 aromatic heterocycles. The summed E-state index contributed by atoms with van der Waals surface area (Å²) in [6.45, 7) is 4.60. The van der Waals surface area contributed by atoms with Gasteiger partial charge in [0.1, 0.15) is 0 Å². The van der Waals surface area contributed by atoms with Crippen LogP contribution in [0.3, 0.4) is 0 Å². The minimum atomic E-state index is -3.67. The third-order valence-corrected chi connectivity index (χ3v) is 4.23. The molecule has 22 heavy (non-hydrogen) atoms. The monoisotopic (exact) mass is 321 g/mol. The van der Waals surface area contributed by atoms with Crippen LogP contribution in [0.5, 0.6) is 11.5 Å². The molecule has 0 aliphatic heterocycles. The van der Waals surface area contributed by atoms with E-state index >= 15 is 0 Å². The maximum Gasteiger partial charge on any atom is 0.262 e. The number of sulfonamides is 1. The number of para-hydroxylation sites is 1. The van der Waals surface area contributed by atoms with Crippen LogP contribution in [-0.2, 0) is 10.0 Å². The Morgan fingerprint density at radius 1 is 0.909 bits per heavy atom. The van der Waals surface area contributed by atoms with Crippen LogP contribution >= 0.6 is 0 Å². The molecule has 6 heteroatoms. The van der Waals surface area contributed by atoms with Crippen molar-refractivity contribution in [3.8, 4) is 11.5 Å². The van der Waals surface area contributed by atoms with E-state index in [9.17, 15) is 8.42 Å². The summed E-state index contributed by atoms with van der Waals surface area (Å²) in [5.41, 5.74) is 0.509. The van der Waals surface area contributed by atoms with Crippen molar-refractivity contribution >= 4 is 15.7 Å². The van der Waals surface area contributed by atoms with Crippen LogP contribution in [-0.4, -0.2) is 21.6 Å². The summed E-state index contributed by atoms with van der Waals surface area (Å²) in [5, 5.41) is 0. The zero-order valence-electron chi connectivity index (χ0n) is 12.6. The normalized spacial score (nSPS) is 11.0. The maximum absolute atomic E-state index is 12.4. The zero-order valence-corrected chi connectivity index (χ0v) is 13.4. The van der Waals surface area contributed by atoms with Crippen molar-refractivity contribution in [3.63, 3.8) is 0 Å². The average Bonchev–Trinajstić information content (AvgIpc) is 2.50. The Kier molecular flexibility index (Phi) is 5.27. The maximum atomic E-state index is 12.4. The third kappa shape index (κ3) is 3.92. The predicted molar refractivity (Wildman–Crippen MR) is 86.0 cm³/mol. The van der Waals surface area contributed by atoms with Gasteiger partial charge in [-0.2, -0.15) is 0 Å². The van der Waals surface area contributed by atoms with Gasteiger partial charge in [-0.1, -0.05) is 18.2 Å². The highest BCUT2D eigenvalue weighted by Crippen LogP contribution is 2.30. The fourth-order valence-corrected chi connectivity index (χ4v) is 2.99. The molecule has 0 heterocycles. The Hall–Kier alpha value is -2.21. The lowest BCUT2D eigenvalue weighted by Gasteiger charge is -2.13. The van der Waals surface area contributed by atoms with E-state index in [0.29, 0.717) is 30.4 Å². The van der Waals surface area contributed by atoms with E-state index in [2.05, 4.69) is 4.72 Å². The molecule has 1 N–H and O–H groups in total. The van der Waals surface area contributed by atoms with Crippen LogP contribution in [0.2, 0.25) is 0 Å². The van der Waals surface area contributed by atoms with Crippen LogP contribution in [0, 0.1) is 0 Å². The van der Waals surface area contributed by atoms with Gasteiger partial charge in [0.2, 0.25) is 0 Å². The van der Waals surface area contributed by atoms with Crippen molar-refractivity contribution in [1.82, 2.24) is 0 Å². The molecular formula is C16H19NO4S. The molecule has 2 aromatic carbocycles. The summed E-state index contributed by atoms with van der Waals surface area (Å²) in [7, 11) is -3.67. The number of rotatable bonds is 7. The summed E-state index contributed by atoms with van der Waals surface area (Å²) in [6, 6.07) is 13.3. The van der Waals surface area contributed by atoms with Crippen LogP contribution < -0.4 is 14.2 Å². The number of ether oxygens (including phenoxy) is 2. The van der Waals surface area contributed by atoms with Gasteiger partial charge >= 0.3 is 0 Å². The van der Waals surface area contributed by atoms with E-state index < -0.39 is 10.0 Å². The van der Waals surface area contributed by atoms with Crippen molar-refractivity contribution in [3.05, 3.63) is 48.5 Å². The van der Waals surface area contributed by atoms with Crippen LogP contribution in [0.1, 0.15) is 13.8 Å². The van der Waals surface area contributed by atoms with E-state index in [0.717, 1.165) is 0 Å². The Morgan fingerprint density at radius 2 is 1.55 bits per heavy atom. The largest absolute Gasteiger partial charge is 0.490 e. The first kappa shape index (κ1) is 16.2. The van der Waals surface area contributed by atoms with Crippen LogP contribution in [0.15, 0.2) is 53.4 Å². The topological polar surface area (TPSA) is 64.6 Å². The van der Waals surface area contributed by atoms with E-state index in [-0.39, 0.29) is 4.90 Å². The molecule has 0 saturated heterocycles. The molecule has 0 saturated carbocycles. The first-order valence-corrected chi connectivity index (χ1v) is 8.52. The SMILES string of the molecule is CCOc1ccc(S(=O)(=O)Nc2ccccc2)cc1OCC. The van der Waals surface area contributed by atoms with E-state index in [1.807, 2.05) is 19.9 Å². The van der Waals surface area contributed by atoms with Gasteiger partial charge in [0.15, 0.2) is 11.5 Å². The first-order chi connectivity index (χ1) is 10.6. The fraction of sp³-hybridized carbons (Fsp3) is 0.250. The van der Waals surface area contributed by atoms with Gasteiger partial charge in [-0.15, -0.1) is 0 Å². The highest BCUT2D eigenvalue weighted by atomic mass is 32.2.